The lowest BCUT2D eigenvalue weighted by molar-refractivity contribution is -0.142. The molecule has 1 unspecified atom stereocenters. The van der Waals surface area contributed by atoms with Crippen molar-refractivity contribution in [3.05, 3.63) is 28.3 Å². The van der Waals surface area contributed by atoms with Gasteiger partial charge in [0.1, 0.15) is 6.04 Å². The number of anilines is 1. The lowest BCUT2D eigenvalue weighted by Crippen LogP contribution is -2.34. The maximum Gasteiger partial charge on any atom is 0.322 e. The fourth-order valence-electron chi connectivity index (χ4n) is 2.84. The third-order valence-corrected chi connectivity index (χ3v) is 4.60. The summed E-state index contributed by atoms with van der Waals surface area (Å²) in [6.07, 6.45) is 4.15. The molecule has 4 nitrogen and oxygen atoms in total. The Morgan fingerprint density at radius 2 is 2.05 bits per heavy atom. The summed E-state index contributed by atoms with van der Waals surface area (Å²) in [5, 5.41) is 0.706. The van der Waals surface area contributed by atoms with Gasteiger partial charge in [0, 0.05) is 23.8 Å². The predicted octanol–water partition coefficient (Wildman–Crippen LogP) is 2.68. The van der Waals surface area contributed by atoms with Crippen LogP contribution in [0.15, 0.2) is 12.1 Å². The predicted molar refractivity (Wildman–Crippen MR) is 85.9 cm³/mol. The number of nitrogens with two attached hydrogens (primary N) is 1. The highest BCUT2D eigenvalue weighted by Gasteiger charge is 2.19. The smallest absolute Gasteiger partial charge is 0.322 e. The molecule has 1 saturated heterocycles. The molecule has 2 rings (SSSR count). The minimum Gasteiger partial charge on any atom is -0.468 e. The molecule has 0 saturated carbocycles. The number of carbonyl (C=O) groups is 1. The molecule has 0 radical (unpaired) electrons. The Kier molecular flexibility index (Phi) is 5.48. The first-order chi connectivity index (χ1) is 10.0. The van der Waals surface area contributed by atoms with Crippen LogP contribution in [0, 0.1) is 6.92 Å². The second-order valence-corrected chi connectivity index (χ2v) is 5.94. The highest BCUT2D eigenvalue weighted by atomic mass is 35.5. The zero-order valence-electron chi connectivity index (χ0n) is 12.7. The van der Waals surface area contributed by atoms with E-state index in [0.29, 0.717) is 11.4 Å². The molecular formula is C16H23ClN2O2. The number of methoxy groups -OCH3 is 1. The molecule has 21 heavy (non-hydrogen) atoms. The van der Waals surface area contributed by atoms with Crippen molar-refractivity contribution in [1.82, 2.24) is 0 Å². The molecule has 0 aliphatic carbocycles. The number of rotatable bonds is 4. The molecule has 1 heterocycles. The summed E-state index contributed by atoms with van der Waals surface area (Å²) >= 11 is 6.48. The van der Waals surface area contributed by atoms with Gasteiger partial charge in [-0.2, -0.15) is 0 Å². The molecular weight excluding hydrogens is 288 g/mol. The van der Waals surface area contributed by atoms with E-state index < -0.39 is 12.0 Å². The van der Waals surface area contributed by atoms with Gasteiger partial charge in [-0.15, -0.1) is 0 Å². The number of piperidine rings is 1. The maximum atomic E-state index is 11.4. The summed E-state index contributed by atoms with van der Waals surface area (Å²) in [4.78, 5) is 13.8. The van der Waals surface area contributed by atoms with Crippen molar-refractivity contribution in [2.24, 2.45) is 5.73 Å². The van der Waals surface area contributed by atoms with Crippen LogP contribution in [0.3, 0.4) is 0 Å². The van der Waals surface area contributed by atoms with E-state index in [4.69, 9.17) is 17.3 Å². The van der Waals surface area contributed by atoms with E-state index in [1.54, 1.807) is 0 Å². The third-order valence-electron chi connectivity index (χ3n) is 4.08. The van der Waals surface area contributed by atoms with Crippen LogP contribution in [0.2, 0.25) is 5.02 Å². The number of carbonyl (C=O) groups excluding carboxylic acids is 1. The summed E-state index contributed by atoms with van der Waals surface area (Å²) in [5.41, 5.74) is 8.97. The van der Waals surface area contributed by atoms with Gasteiger partial charge in [-0.1, -0.05) is 17.7 Å². The van der Waals surface area contributed by atoms with E-state index in [9.17, 15) is 4.79 Å². The van der Waals surface area contributed by atoms with Crippen molar-refractivity contribution in [2.75, 3.05) is 25.1 Å². The van der Waals surface area contributed by atoms with E-state index in [2.05, 4.69) is 15.7 Å². The first kappa shape index (κ1) is 16.1. The Morgan fingerprint density at radius 3 is 2.67 bits per heavy atom. The van der Waals surface area contributed by atoms with Crippen molar-refractivity contribution >= 4 is 23.3 Å². The fraction of sp³-hybridized carbons (Fsp3) is 0.562. The Balaban J connectivity index is 2.18. The fourth-order valence-corrected chi connectivity index (χ4v) is 3.07. The van der Waals surface area contributed by atoms with Crippen molar-refractivity contribution in [3.63, 3.8) is 0 Å². The molecule has 5 heteroatoms. The summed E-state index contributed by atoms with van der Waals surface area (Å²) in [5.74, 6) is -0.413. The lowest BCUT2D eigenvalue weighted by Gasteiger charge is -2.31. The first-order valence-corrected chi connectivity index (χ1v) is 7.78. The van der Waals surface area contributed by atoms with Crippen molar-refractivity contribution in [3.8, 4) is 0 Å². The largest absolute Gasteiger partial charge is 0.468 e. The van der Waals surface area contributed by atoms with Gasteiger partial charge in [-0.3, -0.25) is 4.79 Å². The van der Waals surface area contributed by atoms with Crippen LogP contribution in [0.5, 0.6) is 0 Å². The van der Waals surface area contributed by atoms with Gasteiger partial charge in [0.15, 0.2) is 0 Å². The van der Waals surface area contributed by atoms with E-state index in [1.165, 1.54) is 32.1 Å². The number of ether oxygens (including phenoxy) is 1. The Bertz CT molecular complexity index is 513. The lowest BCUT2D eigenvalue weighted by atomic mass is 10.0. The molecule has 1 aliphatic rings. The van der Waals surface area contributed by atoms with E-state index in [1.807, 2.05) is 13.0 Å². The molecule has 2 N–H and O–H groups in total. The molecule has 0 spiro atoms. The van der Waals surface area contributed by atoms with Gasteiger partial charge in [-0.25, -0.2) is 0 Å². The van der Waals surface area contributed by atoms with Gasteiger partial charge >= 0.3 is 5.97 Å². The third kappa shape index (κ3) is 3.69. The second-order valence-electron chi connectivity index (χ2n) is 5.56. The molecule has 1 atom stereocenters. The van der Waals surface area contributed by atoms with Crippen molar-refractivity contribution in [1.29, 1.82) is 0 Å². The SMILES string of the molecule is COC(=O)C(N)Cc1ccc(N2CCCCC2)c(C)c1Cl. The van der Waals surface area contributed by atoms with Gasteiger partial charge in [0.2, 0.25) is 0 Å². The number of nitrogens with zero attached hydrogens (tertiary/aromatic N) is 1. The highest BCUT2D eigenvalue weighted by Crippen LogP contribution is 2.32. The number of hydrogen-bond donors (Lipinski definition) is 1. The standard InChI is InChI=1S/C16H23ClN2O2/c1-11-14(19-8-4-3-5-9-19)7-6-12(15(11)17)10-13(18)16(20)21-2/h6-7,13H,3-5,8-10,18H2,1-2H3. The second kappa shape index (κ2) is 7.14. The molecule has 116 valence electrons. The van der Waals surface area contributed by atoms with Crippen LogP contribution in [0.4, 0.5) is 5.69 Å². The Morgan fingerprint density at radius 1 is 1.38 bits per heavy atom. The average Bonchev–Trinajstić information content (AvgIpc) is 2.52. The molecule has 1 aromatic rings. The maximum absolute atomic E-state index is 11.4. The Labute approximate surface area is 131 Å². The van der Waals surface area contributed by atoms with Gasteiger partial charge < -0.3 is 15.4 Å². The minimum absolute atomic E-state index is 0.395. The monoisotopic (exact) mass is 310 g/mol. The van der Waals surface area contributed by atoms with Crippen LogP contribution < -0.4 is 10.6 Å². The minimum atomic E-state index is -0.673. The van der Waals surface area contributed by atoms with Crippen molar-refractivity contribution < 1.29 is 9.53 Å². The quantitative estimate of drug-likeness (QED) is 0.869. The Hall–Kier alpha value is -1.26. The normalized spacial score (nSPS) is 16.7. The van der Waals surface area contributed by atoms with E-state index in [0.717, 1.165) is 24.2 Å². The molecule has 1 fully saturated rings. The average molecular weight is 311 g/mol. The number of hydrogen-bond acceptors (Lipinski definition) is 4. The van der Waals surface area contributed by atoms with Gasteiger partial charge in [0.05, 0.1) is 7.11 Å². The summed E-state index contributed by atoms with van der Waals surface area (Å²) in [6.45, 7) is 4.19. The van der Waals surface area contributed by atoms with Crippen LogP contribution in [-0.4, -0.2) is 32.2 Å². The van der Waals surface area contributed by atoms with Crippen LogP contribution in [0.1, 0.15) is 30.4 Å². The van der Waals surface area contributed by atoms with Gasteiger partial charge in [-0.05, 0) is 49.8 Å². The van der Waals surface area contributed by atoms with Crippen molar-refractivity contribution in [2.45, 2.75) is 38.6 Å². The van der Waals surface area contributed by atoms with Gasteiger partial charge in [0.25, 0.3) is 0 Å². The van der Waals surface area contributed by atoms with E-state index in [-0.39, 0.29) is 0 Å². The van der Waals surface area contributed by atoms with Crippen LogP contribution >= 0.6 is 11.6 Å². The number of benzene rings is 1. The highest BCUT2D eigenvalue weighted by molar-refractivity contribution is 6.32. The summed E-state index contributed by atoms with van der Waals surface area (Å²) in [6, 6.07) is 3.39. The topological polar surface area (TPSA) is 55.6 Å². The number of esters is 1. The summed E-state index contributed by atoms with van der Waals surface area (Å²) in [7, 11) is 1.34. The van der Waals surface area contributed by atoms with E-state index >= 15 is 0 Å². The zero-order chi connectivity index (χ0) is 15.4. The molecule has 0 aromatic heterocycles. The van der Waals surface area contributed by atoms with Crippen LogP contribution in [-0.2, 0) is 16.0 Å². The first-order valence-electron chi connectivity index (χ1n) is 7.41. The van der Waals surface area contributed by atoms with Crippen LogP contribution in [0.25, 0.3) is 0 Å². The molecule has 1 aromatic carbocycles. The molecule has 1 aliphatic heterocycles. The number of halogens is 1. The molecule has 0 amide bonds. The molecule has 0 bridgehead atoms. The summed E-state index contributed by atoms with van der Waals surface area (Å²) < 4.78 is 4.66. The zero-order valence-corrected chi connectivity index (χ0v) is 13.4.